The lowest BCUT2D eigenvalue weighted by molar-refractivity contribution is 0.657. The third kappa shape index (κ3) is 2.31. The summed E-state index contributed by atoms with van der Waals surface area (Å²) in [6, 6.07) is 8.19. The number of hydrogen-bond acceptors (Lipinski definition) is 4. The number of anilines is 1. The van der Waals surface area contributed by atoms with Crippen molar-refractivity contribution >= 4 is 27.6 Å². The van der Waals surface area contributed by atoms with Gasteiger partial charge in [0.1, 0.15) is 0 Å². The minimum atomic E-state index is 0.115. The molecule has 0 aliphatic carbocycles. The standard InChI is InChI=1S/C14H16BrN5/c1-2-19-9-10(7-18-19)13-8-17-14(16)20(13)12-5-3-4-11(15)6-12/h3-7,9,13H,2,8H2,1H3,(H2,16,17). The fourth-order valence-corrected chi connectivity index (χ4v) is 2.80. The molecule has 0 spiro atoms. The van der Waals surface area contributed by atoms with Crippen LogP contribution in [0.4, 0.5) is 5.69 Å². The number of aromatic nitrogens is 2. The maximum Gasteiger partial charge on any atom is 0.196 e. The number of nitrogens with two attached hydrogens (primary N) is 1. The zero-order valence-electron chi connectivity index (χ0n) is 11.2. The zero-order chi connectivity index (χ0) is 14.1. The van der Waals surface area contributed by atoms with Crippen molar-refractivity contribution < 1.29 is 0 Å². The number of nitrogens with zero attached hydrogens (tertiary/aromatic N) is 4. The van der Waals surface area contributed by atoms with Gasteiger partial charge in [-0.25, -0.2) is 0 Å². The summed E-state index contributed by atoms with van der Waals surface area (Å²) in [5.74, 6) is 0.553. The highest BCUT2D eigenvalue weighted by molar-refractivity contribution is 9.10. The first-order valence-corrected chi connectivity index (χ1v) is 7.35. The monoisotopic (exact) mass is 333 g/mol. The van der Waals surface area contributed by atoms with E-state index in [1.165, 1.54) is 0 Å². The number of halogens is 1. The Morgan fingerprint density at radius 3 is 3.00 bits per heavy atom. The highest BCUT2D eigenvalue weighted by Gasteiger charge is 2.29. The van der Waals surface area contributed by atoms with Crippen LogP contribution in [0, 0.1) is 0 Å². The second-order valence-electron chi connectivity index (χ2n) is 4.69. The Hall–Kier alpha value is -1.82. The molecule has 1 atom stereocenters. The summed E-state index contributed by atoms with van der Waals surface area (Å²) in [6.07, 6.45) is 3.96. The van der Waals surface area contributed by atoms with Crippen LogP contribution in [0.25, 0.3) is 0 Å². The largest absolute Gasteiger partial charge is 0.369 e. The van der Waals surface area contributed by atoms with Crippen LogP contribution in [0.15, 0.2) is 46.1 Å². The fraction of sp³-hybridized carbons (Fsp3) is 0.286. The van der Waals surface area contributed by atoms with E-state index >= 15 is 0 Å². The van der Waals surface area contributed by atoms with Crippen molar-refractivity contribution in [2.45, 2.75) is 19.5 Å². The van der Waals surface area contributed by atoms with Crippen LogP contribution in [0.3, 0.4) is 0 Å². The average Bonchev–Trinajstić information content (AvgIpc) is 3.04. The lowest BCUT2D eigenvalue weighted by atomic mass is 10.1. The molecule has 104 valence electrons. The van der Waals surface area contributed by atoms with Crippen LogP contribution in [0.1, 0.15) is 18.5 Å². The summed E-state index contributed by atoms with van der Waals surface area (Å²) >= 11 is 3.50. The molecule has 0 bridgehead atoms. The predicted molar refractivity (Wildman–Crippen MR) is 83.8 cm³/mol. The van der Waals surface area contributed by atoms with Gasteiger partial charge in [-0.3, -0.25) is 9.67 Å². The Kier molecular flexibility index (Phi) is 3.48. The van der Waals surface area contributed by atoms with Gasteiger partial charge in [0, 0.05) is 28.5 Å². The minimum absolute atomic E-state index is 0.115. The van der Waals surface area contributed by atoms with Crippen LogP contribution in [0.2, 0.25) is 0 Å². The molecule has 1 aromatic heterocycles. The normalized spacial score (nSPS) is 18.4. The molecule has 2 N–H and O–H groups in total. The molecule has 0 amide bonds. The van der Waals surface area contributed by atoms with Gasteiger partial charge in [-0.05, 0) is 25.1 Å². The van der Waals surface area contributed by atoms with Crippen LogP contribution < -0.4 is 10.6 Å². The highest BCUT2D eigenvalue weighted by atomic mass is 79.9. The quantitative estimate of drug-likeness (QED) is 0.938. The van der Waals surface area contributed by atoms with E-state index in [-0.39, 0.29) is 6.04 Å². The van der Waals surface area contributed by atoms with E-state index < -0.39 is 0 Å². The van der Waals surface area contributed by atoms with Gasteiger partial charge in [0.15, 0.2) is 5.96 Å². The molecule has 0 radical (unpaired) electrons. The maximum atomic E-state index is 6.06. The number of rotatable bonds is 3. The molecule has 0 saturated carbocycles. The first kappa shape index (κ1) is 13.2. The molecule has 1 aliphatic rings. The van der Waals surface area contributed by atoms with Crippen LogP contribution in [-0.2, 0) is 6.54 Å². The van der Waals surface area contributed by atoms with Gasteiger partial charge in [-0.1, -0.05) is 22.0 Å². The number of aryl methyl sites for hydroxylation is 1. The van der Waals surface area contributed by atoms with Crippen LogP contribution in [0.5, 0.6) is 0 Å². The zero-order valence-corrected chi connectivity index (χ0v) is 12.8. The number of benzene rings is 1. The molecule has 3 rings (SSSR count). The summed E-state index contributed by atoms with van der Waals surface area (Å²) in [5.41, 5.74) is 8.23. The lowest BCUT2D eigenvalue weighted by Crippen LogP contribution is -2.36. The van der Waals surface area contributed by atoms with Crippen LogP contribution >= 0.6 is 15.9 Å². The average molecular weight is 334 g/mol. The SMILES string of the molecule is CCn1cc(C2CN=C(N)N2c2cccc(Br)c2)cn1. The molecule has 5 nitrogen and oxygen atoms in total. The summed E-state index contributed by atoms with van der Waals surface area (Å²) < 4.78 is 2.95. The first-order chi connectivity index (χ1) is 9.69. The summed E-state index contributed by atoms with van der Waals surface area (Å²) in [6.45, 7) is 3.59. The molecule has 0 saturated heterocycles. The molecule has 2 heterocycles. The van der Waals surface area contributed by atoms with Crippen molar-refractivity contribution in [1.82, 2.24) is 9.78 Å². The predicted octanol–water partition coefficient (Wildman–Crippen LogP) is 2.54. The summed E-state index contributed by atoms with van der Waals surface area (Å²) in [7, 11) is 0. The molecular formula is C14H16BrN5. The third-order valence-electron chi connectivity index (χ3n) is 3.43. The van der Waals surface area contributed by atoms with Gasteiger partial charge in [0.25, 0.3) is 0 Å². The second kappa shape index (κ2) is 5.28. The van der Waals surface area contributed by atoms with E-state index in [0.717, 1.165) is 22.3 Å². The van der Waals surface area contributed by atoms with E-state index in [0.29, 0.717) is 12.5 Å². The van der Waals surface area contributed by atoms with Crippen molar-refractivity contribution in [2.75, 3.05) is 11.4 Å². The molecule has 1 aliphatic heterocycles. The van der Waals surface area contributed by atoms with Crippen molar-refractivity contribution in [3.8, 4) is 0 Å². The molecule has 0 fully saturated rings. The van der Waals surface area contributed by atoms with Crippen molar-refractivity contribution in [1.29, 1.82) is 0 Å². The second-order valence-corrected chi connectivity index (χ2v) is 5.61. The molecule has 6 heteroatoms. The molecule has 2 aromatic rings. The Morgan fingerprint density at radius 1 is 1.45 bits per heavy atom. The maximum absolute atomic E-state index is 6.06. The molecule has 1 unspecified atom stereocenters. The first-order valence-electron chi connectivity index (χ1n) is 6.56. The lowest BCUT2D eigenvalue weighted by Gasteiger charge is -2.25. The van der Waals surface area contributed by atoms with E-state index in [2.05, 4.69) is 44.0 Å². The van der Waals surface area contributed by atoms with E-state index in [1.54, 1.807) is 0 Å². The third-order valence-corrected chi connectivity index (χ3v) is 3.93. The van der Waals surface area contributed by atoms with Gasteiger partial charge >= 0.3 is 0 Å². The number of hydrogen-bond donors (Lipinski definition) is 1. The Balaban J connectivity index is 1.96. The smallest absolute Gasteiger partial charge is 0.196 e. The van der Waals surface area contributed by atoms with Gasteiger partial charge in [0.2, 0.25) is 0 Å². The fourth-order valence-electron chi connectivity index (χ4n) is 2.41. The van der Waals surface area contributed by atoms with Gasteiger partial charge in [-0.15, -0.1) is 0 Å². The molecule has 1 aromatic carbocycles. The molecular weight excluding hydrogens is 318 g/mol. The van der Waals surface area contributed by atoms with Crippen molar-refractivity contribution in [3.05, 3.63) is 46.7 Å². The van der Waals surface area contributed by atoms with Crippen LogP contribution in [-0.4, -0.2) is 22.3 Å². The van der Waals surface area contributed by atoms with E-state index in [4.69, 9.17) is 5.73 Å². The topological polar surface area (TPSA) is 59.4 Å². The Labute approximate surface area is 126 Å². The van der Waals surface area contributed by atoms with Gasteiger partial charge < -0.3 is 10.6 Å². The molecule has 20 heavy (non-hydrogen) atoms. The van der Waals surface area contributed by atoms with Gasteiger partial charge in [-0.2, -0.15) is 5.10 Å². The van der Waals surface area contributed by atoms with E-state index in [9.17, 15) is 0 Å². The van der Waals surface area contributed by atoms with Crippen molar-refractivity contribution in [2.24, 2.45) is 10.7 Å². The summed E-state index contributed by atoms with van der Waals surface area (Å²) in [5, 5.41) is 4.34. The van der Waals surface area contributed by atoms with Crippen molar-refractivity contribution in [3.63, 3.8) is 0 Å². The summed E-state index contributed by atoms with van der Waals surface area (Å²) in [4.78, 5) is 6.44. The Bertz CT molecular complexity index is 649. The van der Waals surface area contributed by atoms with E-state index in [1.807, 2.05) is 35.1 Å². The Morgan fingerprint density at radius 2 is 2.30 bits per heavy atom. The number of guanidine groups is 1. The van der Waals surface area contributed by atoms with Gasteiger partial charge in [0.05, 0.1) is 18.8 Å². The minimum Gasteiger partial charge on any atom is -0.369 e. The highest BCUT2D eigenvalue weighted by Crippen LogP contribution is 2.32. The number of aliphatic imine (C=N–C) groups is 1.